The first-order chi connectivity index (χ1) is 6.99. The summed E-state index contributed by atoms with van der Waals surface area (Å²) in [5, 5.41) is 0. The van der Waals surface area contributed by atoms with Crippen molar-refractivity contribution in [3.8, 4) is 0 Å². The van der Waals surface area contributed by atoms with Gasteiger partial charge in [-0.05, 0) is 24.5 Å². The standard InChI is InChI=1S/C10H8F3NO/c11-10(12,13)8-5-14-4-1-7(8)9(6-15)2-3-9/h1,4-6H,2-3H2. The monoisotopic (exact) mass is 215 g/mol. The van der Waals surface area contributed by atoms with Crippen molar-refractivity contribution in [2.75, 3.05) is 0 Å². The molecule has 0 radical (unpaired) electrons. The van der Waals surface area contributed by atoms with E-state index in [9.17, 15) is 18.0 Å². The Labute approximate surface area is 84.1 Å². The zero-order valence-corrected chi connectivity index (χ0v) is 7.71. The number of pyridine rings is 1. The number of halogens is 3. The molecule has 2 nitrogen and oxygen atoms in total. The maximum Gasteiger partial charge on any atom is 0.418 e. The van der Waals surface area contributed by atoms with Crippen LogP contribution in [0.4, 0.5) is 13.2 Å². The Morgan fingerprint density at radius 1 is 1.40 bits per heavy atom. The van der Waals surface area contributed by atoms with E-state index >= 15 is 0 Å². The van der Waals surface area contributed by atoms with Crippen LogP contribution < -0.4 is 0 Å². The predicted molar refractivity (Wildman–Crippen MR) is 46.2 cm³/mol. The van der Waals surface area contributed by atoms with Crippen molar-refractivity contribution in [3.63, 3.8) is 0 Å². The number of hydrogen-bond donors (Lipinski definition) is 0. The third-order valence-corrected chi connectivity index (χ3v) is 2.68. The van der Waals surface area contributed by atoms with Crippen molar-refractivity contribution in [2.24, 2.45) is 0 Å². The summed E-state index contributed by atoms with van der Waals surface area (Å²) in [5.74, 6) is 0. The first-order valence-corrected chi connectivity index (χ1v) is 4.48. The second-order valence-electron chi connectivity index (χ2n) is 3.69. The van der Waals surface area contributed by atoms with Crippen molar-refractivity contribution in [2.45, 2.75) is 24.4 Å². The molecule has 1 aliphatic rings. The number of aldehydes is 1. The molecule has 0 N–H and O–H groups in total. The Kier molecular flexibility index (Phi) is 2.06. The van der Waals surface area contributed by atoms with Crippen molar-refractivity contribution >= 4 is 6.29 Å². The van der Waals surface area contributed by atoms with Crippen LogP contribution in [0.15, 0.2) is 18.5 Å². The Hall–Kier alpha value is -1.39. The van der Waals surface area contributed by atoms with Crippen LogP contribution >= 0.6 is 0 Å². The molecule has 0 amide bonds. The van der Waals surface area contributed by atoms with Crippen LogP contribution in [0.25, 0.3) is 0 Å². The molecule has 0 aliphatic heterocycles. The van der Waals surface area contributed by atoms with Crippen LogP contribution in [0, 0.1) is 0 Å². The van der Waals surface area contributed by atoms with E-state index in [1.807, 2.05) is 0 Å². The third-order valence-electron chi connectivity index (χ3n) is 2.68. The molecule has 2 rings (SSSR count). The van der Waals surface area contributed by atoms with Gasteiger partial charge in [0.15, 0.2) is 0 Å². The molecule has 1 saturated carbocycles. The van der Waals surface area contributed by atoms with Gasteiger partial charge in [0.05, 0.1) is 11.0 Å². The number of carbonyl (C=O) groups is 1. The number of hydrogen-bond acceptors (Lipinski definition) is 2. The summed E-state index contributed by atoms with van der Waals surface area (Å²) in [5.41, 5.74) is -1.65. The topological polar surface area (TPSA) is 30.0 Å². The van der Waals surface area contributed by atoms with E-state index in [1.165, 1.54) is 12.3 Å². The van der Waals surface area contributed by atoms with Gasteiger partial charge < -0.3 is 4.79 Å². The Bertz CT molecular complexity index is 396. The molecule has 5 heteroatoms. The highest BCUT2D eigenvalue weighted by Crippen LogP contribution is 2.49. The van der Waals surface area contributed by atoms with E-state index in [4.69, 9.17) is 0 Å². The first kappa shape index (κ1) is 10.1. The Balaban J connectivity index is 2.52. The predicted octanol–water partition coefficient (Wildman–Crippen LogP) is 2.33. The number of nitrogens with zero attached hydrogens (tertiary/aromatic N) is 1. The van der Waals surface area contributed by atoms with Crippen molar-refractivity contribution < 1.29 is 18.0 Å². The van der Waals surface area contributed by atoms with Crippen LogP contribution in [-0.4, -0.2) is 11.3 Å². The minimum atomic E-state index is -4.44. The van der Waals surface area contributed by atoms with E-state index in [-0.39, 0.29) is 5.56 Å². The van der Waals surface area contributed by atoms with Crippen LogP contribution in [0.1, 0.15) is 24.0 Å². The van der Waals surface area contributed by atoms with E-state index in [0.29, 0.717) is 19.1 Å². The lowest BCUT2D eigenvalue weighted by Gasteiger charge is -2.15. The molecule has 15 heavy (non-hydrogen) atoms. The van der Waals surface area contributed by atoms with Gasteiger partial charge in [0.1, 0.15) is 6.29 Å². The summed E-state index contributed by atoms with van der Waals surface area (Å²) in [7, 11) is 0. The maximum atomic E-state index is 12.6. The Morgan fingerprint density at radius 2 is 2.07 bits per heavy atom. The molecule has 0 bridgehead atoms. The highest BCUT2D eigenvalue weighted by atomic mass is 19.4. The van der Waals surface area contributed by atoms with Crippen LogP contribution in [0.3, 0.4) is 0 Å². The average molecular weight is 215 g/mol. The van der Waals surface area contributed by atoms with Crippen molar-refractivity contribution in [3.05, 3.63) is 29.6 Å². The minimum absolute atomic E-state index is 0.0556. The molecule has 1 fully saturated rings. The fourth-order valence-electron chi connectivity index (χ4n) is 1.64. The quantitative estimate of drug-likeness (QED) is 0.708. The van der Waals surface area contributed by atoms with Gasteiger partial charge in [-0.1, -0.05) is 0 Å². The summed E-state index contributed by atoms with van der Waals surface area (Å²) >= 11 is 0. The average Bonchev–Trinajstić information content (AvgIpc) is 2.97. The molecular weight excluding hydrogens is 207 g/mol. The second-order valence-corrected chi connectivity index (χ2v) is 3.69. The van der Waals surface area contributed by atoms with Crippen LogP contribution in [0.2, 0.25) is 0 Å². The lowest BCUT2D eigenvalue weighted by molar-refractivity contribution is -0.138. The van der Waals surface area contributed by atoms with E-state index in [0.717, 1.165) is 6.20 Å². The highest BCUT2D eigenvalue weighted by molar-refractivity contribution is 5.74. The molecule has 0 saturated heterocycles. The van der Waals surface area contributed by atoms with Gasteiger partial charge in [-0.25, -0.2) is 0 Å². The van der Waals surface area contributed by atoms with Gasteiger partial charge >= 0.3 is 6.18 Å². The largest absolute Gasteiger partial charge is 0.418 e. The van der Waals surface area contributed by atoms with Gasteiger partial charge in [-0.15, -0.1) is 0 Å². The fraction of sp³-hybridized carbons (Fsp3) is 0.400. The molecule has 1 aromatic rings. The van der Waals surface area contributed by atoms with E-state index in [2.05, 4.69) is 4.98 Å². The van der Waals surface area contributed by atoms with Gasteiger partial charge in [0.2, 0.25) is 0 Å². The lowest BCUT2D eigenvalue weighted by atomic mass is 9.94. The van der Waals surface area contributed by atoms with Gasteiger partial charge in [0.25, 0.3) is 0 Å². The summed E-state index contributed by atoms with van der Waals surface area (Å²) in [6, 6.07) is 1.28. The SMILES string of the molecule is O=CC1(c2ccncc2C(F)(F)F)CC1. The molecule has 1 aliphatic carbocycles. The highest BCUT2D eigenvalue weighted by Gasteiger charge is 2.49. The molecule has 1 aromatic heterocycles. The first-order valence-electron chi connectivity index (χ1n) is 4.48. The zero-order valence-electron chi connectivity index (χ0n) is 7.71. The minimum Gasteiger partial charge on any atom is -0.302 e. The molecule has 0 aromatic carbocycles. The molecule has 0 atom stereocenters. The van der Waals surface area contributed by atoms with Crippen molar-refractivity contribution in [1.82, 2.24) is 4.98 Å². The van der Waals surface area contributed by atoms with Crippen LogP contribution in [0.5, 0.6) is 0 Å². The van der Waals surface area contributed by atoms with Gasteiger partial charge in [-0.2, -0.15) is 13.2 Å². The van der Waals surface area contributed by atoms with Crippen LogP contribution in [-0.2, 0) is 16.4 Å². The summed E-state index contributed by atoms with van der Waals surface area (Å²) in [4.78, 5) is 14.2. The second kappa shape index (κ2) is 3.05. The molecule has 0 unspecified atom stereocenters. The fourth-order valence-corrected chi connectivity index (χ4v) is 1.64. The normalized spacial score (nSPS) is 18.6. The number of alkyl halides is 3. The molecule has 1 heterocycles. The van der Waals surface area contributed by atoms with Gasteiger partial charge in [0, 0.05) is 12.4 Å². The van der Waals surface area contributed by atoms with Crippen molar-refractivity contribution in [1.29, 1.82) is 0 Å². The van der Waals surface area contributed by atoms with Gasteiger partial charge in [-0.3, -0.25) is 4.98 Å². The number of aromatic nitrogens is 1. The summed E-state index contributed by atoms with van der Waals surface area (Å²) in [6.07, 6.45) is -0.792. The Morgan fingerprint density at radius 3 is 2.53 bits per heavy atom. The van der Waals surface area contributed by atoms with E-state index in [1.54, 1.807) is 0 Å². The molecular formula is C10H8F3NO. The molecule has 0 spiro atoms. The molecule has 80 valence electrons. The van der Waals surface area contributed by atoms with E-state index < -0.39 is 17.2 Å². The lowest BCUT2D eigenvalue weighted by Crippen LogP contribution is -2.17. The summed E-state index contributed by atoms with van der Waals surface area (Å²) < 4.78 is 37.8. The number of rotatable bonds is 2. The number of carbonyl (C=O) groups excluding carboxylic acids is 1. The summed E-state index contributed by atoms with van der Waals surface area (Å²) in [6.45, 7) is 0. The zero-order chi connectivity index (χ0) is 11.1. The maximum absolute atomic E-state index is 12.6. The third kappa shape index (κ3) is 1.62. The smallest absolute Gasteiger partial charge is 0.302 e.